The van der Waals surface area contributed by atoms with Crippen LogP contribution in [0.3, 0.4) is 0 Å². The van der Waals surface area contributed by atoms with Crippen molar-refractivity contribution in [3.63, 3.8) is 0 Å². The van der Waals surface area contributed by atoms with Gasteiger partial charge in [-0.1, -0.05) is 19.9 Å². The summed E-state index contributed by atoms with van der Waals surface area (Å²) in [4.78, 5) is 11.1. The molecule has 0 saturated heterocycles. The highest BCUT2D eigenvalue weighted by atomic mass is 19.4. The number of hydrogen-bond acceptors (Lipinski definition) is 2. The fourth-order valence-corrected chi connectivity index (χ4v) is 3.09. The third kappa shape index (κ3) is 5.77. The summed E-state index contributed by atoms with van der Waals surface area (Å²) in [5.41, 5.74) is -3.38. The van der Waals surface area contributed by atoms with Crippen LogP contribution in [0.25, 0.3) is 0 Å². The largest absolute Gasteiger partial charge is 0.481 e. The van der Waals surface area contributed by atoms with Gasteiger partial charge in [-0.2, -0.15) is 39.5 Å². The third-order valence-corrected chi connectivity index (χ3v) is 4.74. The lowest BCUT2D eigenvalue weighted by Gasteiger charge is -2.29. The maximum Gasteiger partial charge on any atom is 0.417 e. The number of aliphatic carboxylic acids is 1. The Hall–Kier alpha value is -1.98. The normalized spacial score (nSPS) is 16.4. The monoisotopic (exact) mass is 439 g/mol. The summed E-state index contributed by atoms with van der Waals surface area (Å²) in [6.45, 7) is 2.03. The zero-order valence-corrected chi connectivity index (χ0v) is 15.1. The van der Waals surface area contributed by atoms with E-state index in [0.717, 1.165) is 6.92 Å². The fourth-order valence-electron chi connectivity index (χ4n) is 3.09. The van der Waals surface area contributed by atoms with Gasteiger partial charge in [-0.25, -0.2) is 0 Å². The molecule has 0 saturated carbocycles. The van der Waals surface area contributed by atoms with Gasteiger partial charge in [0, 0.05) is 6.54 Å². The van der Waals surface area contributed by atoms with Crippen LogP contribution < -0.4 is 5.73 Å². The van der Waals surface area contributed by atoms with Crippen molar-refractivity contribution in [1.82, 2.24) is 0 Å². The summed E-state index contributed by atoms with van der Waals surface area (Å²) in [7, 11) is 0. The number of hydrogen-bond donors (Lipinski definition) is 2. The molecule has 3 nitrogen and oxygen atoms in total. The minimum atomic E-state index is -5.92. The summed E-state index contributed by atoms with van der Waals surface area (Å²) in [6.07, 6.45) is -17.6. The first kappa shape index (κ1) is 25.1. The quantitative estimate of drug-likeness (QED) is 0.573. The van der Waals surface area contributed by atoms with E-state index in [9.17, 15) is 44.3 Å². The smallest absolute Gasteiger partial charge is 0.417 e. The number of nitrogens with two attached hydrogens (primary N) is 1. The zero-order chi connectivity index (χ0) is 22.9. The SMILES string of the molecule is CC(CC(CN)C(=O)O)C(C)c1ccc(C(F)(F)F)c(C(F)(F)F)c1C(F)(F)F. The van der Waals surface area contributed by atoms with Crippen molar-refractivity contribution in [3.8, 4) is 0 Å². The van der Waals surface area contributed by atoms with Crippen molar-refractivity contribution in [1.29, 1.82) is 0 Å². The molecule has 1 aromatic carbocycles. The van der Waals surface area contributed by atoms with E-state index in [4.69, 9.17) is 10.8 Å². The molecule has 0 aliphatic rings. The average Bonchev–Trinajstić information content (AvgIpc) is 2.54. The van der Waals surface area contributed by atoms with Gasteiger partial charge in [-0.15, -0.1) is 0 Å². The predicted molar refractivity (Wildman–Crippen MR) is 83.8 cm³/mol. The molecule has 0 aromatic heterocycles. The molecule has 0 amide bonds. The highest BCUT2D eigenvalue weighted by Gasteiger charge is 2.51. The molecule has 0 bridgehead atoms. The van der Waals surface area contributed by atoms with Crippen LogP contribution in [0.5, 0.6) is 0 Å². The fraction of sp³-hybridized carbons (Fsp3) is 0.588. The molecule has 3 atom stereocenters. The standard InChI is InChI=1S/C17H18F9NO2/c1-7(5-9(6-27)14(28)29)8(2)10-3-4-11(15(18,19)20)13(17(24,25)26)12(10)16(21,22)23/h3-4,7-9H,5-6,27H2,1-2H3,(H,28,29). The van der Waals surface area contributed by atoms with E-state index >= 15 is 0 Å². The first-order valence-corrected chi connectivity index (χ1v) is 8.24. The second-order valence-corrected chi connectivity index (χ2v) is 6.72. The van der Waals surface area contributed by atoms with E-state index < -0.39 is 64.5 Å². The van der Waals surface area contributed by atoms with Crippen LogP contribution in [-0.4, -0.2) is 17.6 Å². The van der Waals surface area contributed by atoms with Gasteiger partial charge >= 0.3 is 24.5 Å². The van der Waals surface area contributed by atoms with E-state index in [1.54, 1.807) is 0 Å². The first-order valence-electron chi connectivity index (χ1n) is 8.24. The summed E-state index contributed by atoms with van der Waals surface area (Å²) in [6, 6.07) is 0.328. The van der Waals surface area contributed by atoms with Crippen LogP contribution in [0.15, 0.2) is 12.1 Å². The minimum absolute atomic E-state index is 0.0335. The number of benzene rings is 1. The van der Waals surface area contributed by atoms with Gasteiger partial charge in [0.1, 0.15) is 0 Å². The van der Waals surface area contributed by atoms with Crippen LogP contribution in [0, 0.1) is 11.8 Å². The Morgan fingerprint density at radius 1 is 0.931 bits per heavy atom. The van der Waals surface area contributed by atoms with Gasteiger partial charge in [0.05, 0.1) is 22.6 Å². The van der Waals surface area contributed by atoms with E-state index in [1.165, 1.54) is 6.92 Å². The Bertz CT molecular complexity index is 738. The maximum absolute atomic E-state index is 13.5. The molecule has 1 aromatic rings. The van der Waals surface area contributed by atoms with Crippen LogP contribution in [0.2, 0.25) is 0 Å². The number of rotatable bonds is 6. The lowest BCUT2D eigenvalue weighted by Crippen LogP contribution is -2.28. The van der Waals surface area contributed by atoms with Crippen molar-refractivity contribution >= 4 is 5.97 Å². The maximum atomic E-state index is 13.5. The average molecular weight is 439 g/mol. The van der Waals surface area contributed by atoms with E-state index in [1.807, 2.05) is 0 Å². The minimum Gasteiger partial charge on any atom is -0.481 e. The van der Waals surface area contributed by atoms with Crippen molar-refractivity contribution in [2.75, 3.05) is 6.54 Å². The Morgan fingerprint density at radius 3 is 1.76 bits per heavy atom. The second-order valence-electron chi connectivity index (χ2n) is 6.72. The highest BCUT2D eigenvalue weighted by Crippen LogP contribution is 2.50. The van der Waals surface area contributed by atoms with Gasteiger partial charge in [-0.3, -0.25) is 4.79 Å². The molecule has 0 heterocycles. The predicted octanol–water partition coefficient (Wildman–Crippen LogP) is 5.53. The van der Waals surface area contributed by atoms with E-state index in [2.05, 4.69) is 0 Å². The molecule has 3 N–H and O–H groups in total. The molecule has 12 heteroatoms. The topological polar surface area (TPSA) is 63.3 Å². The van der Waals surface area contributed by atoms with Crippen molar-refractivity contribution in [3.05, 3.63) is 34.4 Å². The Labute approximate surface area is 159 Å². The van der Waals surface area contributed by atoms with Gasteiger partial charge in [0.15, 0.2) is 0 Å². The first-order chi connectivity index (χ1) is 12.9. The highest BCUT2D eigenvalue weighted by molar-refractivity contribution is 5.70. The van der Waals surface area contributed by atoms with Gasteiger partial charge in [-0.05, 0) is 29.9 Å². The molecule has 3 unspecified atom stereocenters. The number of carbonyl (C=O) groups is 1. The molecular formula is C17H18F9NO2. The summed E-state index contributed by atoms with van der Waals surface area (Å²) >= 11 is 0. The molecule has 0 spiro atoms. The second kappa shape index (κ2) is 8.41. The number of carboxylic acids is 1. The Kier molecular flexibility index (Phi) is 7.26. The van der Waals surface area contributed by atoms with Gasteiger partial charge < -0.3 is 10.8 Å². The molecule has 0 aliphatic carbocycles. The third-order valence-electron chi connectivity index (χ3n) is 4.74. The molecule has 0 radical (unpaired) electrons. The molecule has 0 fully saturated rings. The van der Waals surface area contributed by atoms with Crippen molar-refractivity contribution < 1.29 is 49.4 Å². The molecular weight excluding hydrogens is 421 g/mol. The summed E-state index contributed by atoms with van der Waals surface area (Å²) in [5, 5.41) is 9.00. The lowest BCUT2D eigenvalue weighted by atomic mass is 9.79. The number of carboxylic acid groups (broad SMARTS) is 1. The molecule has 0 aliphatic heterocycles. The molecule has 1 rings (SSSR count). The lowest BCUT2D eigenvalue weighted by molar-refractivity contribution is -0.175. The van der Waals surface area contributed by atoms with Crippen LogP contribution in [0.1, 0.15) is 48.4 Å². The van der Waals surface area contributed by atoms with Crippen LogP contribution in [0.4, 0.5) is 39.5 Å². The summed E-state index contributed by atoms with van der Waals surface area (Å²) < 4.78 is 119. The Morgan fingerprint density at radius 2 is 1.41 bits per heavy atom. The molecule has 29 heavy (non-hydrogen) atoms. The zero-order valence-electron chi connectivity index (χ0n) is 15.1. The number of halogens is 9. The summed E-state index contributed by atoms with van der Waals surface area (Å²) in [5.74, 6) is -4.76. The van der Waals surface area contributed by atoms with Crippen LogP contribution >= 0.6 is 0 Å². The van der Waals surface area contributed by atoms with Crippen molar-refractivity contribution in [2.24, 2.45) is 17.6 Å². The van der Waals surface area contributed by atoms with Gasteiger partial charge in [0.25, 0.3) is 0 Å². The van der Waals surface area contributed by atoms with Crippen LogP contribution in [-0.2, 0) is 23.3 Å². The molecule has 166 valence electrons. The Balaban J connectivity index is 3.69. The van der Waals surface area contributed by atoms with E-state index in [-0.39, 0.29) is 19.0 Å². The van der Waals surface area contributed by atoms with E-state index in [0.29, 0.717) is 6.07 Å². The number of alkyl halides is 9. The van der Waals surface area contributed by atoms with Gasteiger partial charge in [0.2, 0.25) is 0 Å². The van der Waals surface area contributed by atoms with Crippen molar-refractivity contribution in [2.45, 2.75) is 44.7 Å².